The average Bonchev–Trinajstić information content (AvgIpc) is 2.61. The maximum atomic E-state index is 13.6. The first kappa shape index (κ1) is 12.0. The summed E-state index contributed by atoms with van der Waals surface area (Å²) in [6, 6.07) is 6.32. The minimum Gasteiger partial charge on any atom is -0.344 e. The molecule has 1 unspecified atom stereocenters. The summed E-state index contributed by atoms with van der Waals surface area (Å²) in [5.74, 6) is -0.139. The fraction of sp³-hybridized carbons (Fsp3) is 0.462. The van der Waals surface area contributed by atoms with Gasteiger partial charge in [-0.1, -0.05) is 18.2 Å². The van der Waals surface area contributed by atoms with E-state index in [1.807, 2.05) is 6.92 Å². The van der Waals surface area contributed by atoms with Crippen LogP contribution in [0.3, 0.4) is 0 Å². The number of likely N-dealkylation sites (tertiary alicyclic amines) is 1. The lowest BCUT2D eigenvalue weighted by atomic mass is 10.1. The molecular formula is C13H17FN2O. The molecule has 1 N–H and O–H groups in total. The van der Waals surface area contributed by atoms with Crippen LogP contribution in [0.4, 0.5) is 4.39 Å². The van der Waals surface area contributed by atoms with Gasteiger partial charge in [-0.05, 0) is 19.4 Å². The number of amides is 1. The summed E-state index contributed by atoms with van der Waals surface area (Å²) < 4.78 is 13.6. The van der Waals surface area contributed by atoms with Crippen molar-refractivity contribution < 1.29 is 9.18 Å². The lowest BCUT2D eigenvalue weighted by Crippen LogP contribution is -2.38. The predicted octanol–water partition coefficient (Wildman–Crippen LogP) is 1.71. The fourth-order valence-corrected chi connectivity index (χ4v) is 2.19. The molecule has 1 aliphatic rings. The number of nitrogens with one attached hydrogen (secondary N) is 1. The highest BCUT2D eigenvalue weighted by Gasteiger charge is 2.30. The summed E-state index contributed by atoms with van der Waals surface area (Å²) in [5, 5.41) is 3.18. The maximum Gasteiger partial charge on any atom is 0.239 e. The minimum atomic E-state index is -0.230. The van der Waals surface area contributed by atoms with Gasteiger partial charge in [0.05, 0.1) is 6.04 Å². The number of likely N-dealkylation sites (N-methyl/N-ethyl adjacent to an activating group) is 1. The van der Waals surface area contributed by atoms with E-state index in [0.717, 1.165) is 13.0 Å². The lowest BCUT2D eigenvalue weighted by molar-refractivity contribution is -0.128. The van der Waals surface area contributed by atoms with E-state index in [2.05, 4.69) is 5.32 Å². The third-order valence-electron chi connectivity index (χ3n) is 3.25. The summed E-state index contributed by atoms with van der Waals surface area (Å²) in [6.07, 6.45) is 0.786. The summed E-state index contributed by atoms with van der Waals surface area (Å²) >= 11 is 0. The first-order chi connectivity index (χ1) is 8.09. The van der Waals surface area contributed by atoms with Crippen molar-refractivity contribution in [2.24, 2.45) is 0 Å². The van der Waals surface area contributed by atoms with Gasteiger partial charge in [-0.2, -0.15) is 0 Å². The highest BCUT2D eigenvalue weighted by atomic mass is 19.1. The van der Waals surface area contributed by atoms with Crippen LogP contribution in [0.2, 0.25) is 0 Å². The van der Waals surface area contributed by atoms with Crippen LogP contribution in [0.1, 0.15) is 24.9 Å². The number of nitrogens with zero attached hydrogens (tertiary/aromatic N) is 1. The Morgan fingerprint density at radius 2 is 2.18 bits per heavy atom. The van der Waals surface area contributed by atoms with Crippen LogP contribution in [-0.4, -0.2) is 30.4 Å². The van der Waals surface area contributed by atoms with Crippen LogP contribution in [0.25, 0.3) is 0 Å². The monoisotopic (exact) mass is 236 g/mol. The summed E-state index contributed by atoms with van der Waals surface area (Å²) in [6.45, 7) is 2.64. The fourth-order valence-electron chi connectivity index (χ4n) is 2.19. The van der Waals surface area contributed by atoms with Crippen LogP contribution in [0.15, 0.2) is 24.3 Å². The maximum absolute atomic E-state index is 13.6. The highest BCUT2D eigenvalue weighted by Crippen LogP contribution is 2.19. The van der Waals surface area contributed by atoms with Gasteiger partial charge in [0.1, 0.15) is 5.82 Å². The zero-order chi connectivity index (χ0) is 12.4. The van der Waals surface area contributed by atoms with Gasteiger partial charge in [-0.15, -0.1) is 0 Å². The van der Waals surface area contributed by atoms with Gasteiger partial charge < -0.3 is 4.90 Å². The largest absolute Gasteiger partial charge is 0.344 e. The second kappa shape index (κ2) is 4.84. The van der Waals surface area contributed by atoms with Crippen LogP contribution >= 0.6 is 0 Å². The molecule has 1 amide bonds. The number of carbonyl (C=O) groups excluding carboxylic acids is 1. The molecule has 0 aliphatic carbocycles. The third-order valence-corrected chi connectivity index (χ3v) is 3.25. The normalized spacial score (nSPS) is 21.9. The SMILES string of the molecule is C[C@@H](NC1CCN(C)C1=O)c1ccccc1F. The van der Waals surface area contributed by atoms with E-state index in [4.69, 9.17) is 0 Å². The Morgan fingerprint density at radius 3 is 2.76 bits per heavy atom. The zero-order valence-corrected chi connectivity index (χ0v) is 10.1. The molecule has 1 aliphatic heterocycles. The molecule has 4 heteroatoms. The Kier molecular flexibility index (Phi) is 3.43. The molecule has 17 heavy (non-hydrogen) atoms. The van der Waals surface area contributed by atoms with E-state index in [9.17, 15) is 9.18 Å². The zero-order valence-electron chi connectivity index (χ0n) is 10.1. The average molecular weight is 236 g/mol. The van der Waals surface area contributed by atoms with Gasteiger partial charge in [0.25, 0.3) is 0 Å². The van der Waals surface area contributed by atoms with Crippen molar-refractivity contribution in [2.75, 3.05) is 13.6 Å². The molecule has 0 radical (unpaired) electrons. The molecule has 1 heterocycles. The topological polar surface area (TPSA) is 32.3 Å². The lowest BCUT2D eigenvalue weighted by Gasteiger charge is -2.19. The van der Waals surface area contributed by atoms with Crippen molar-refractivity contribution in [3.8, 4) is 0 Å². The van der Waals surface area contributed by atoms with Crippen LogP contribution in [-0.2, 0) is 4.79 Å². The van der Waals surface area contributed by atoms with Crippen molar-refractivity contribution in [1.29, 1.82) is 0 Å². The highest BCUT2D eigenvalue weighted by molar-refractivity contribution is 5.83. The number of benzene rings is 1. The first-order valence-electron chi connectivity index (χ1n) is 5.85. The van der Waals surface area contributed by atoms with Crippen molar-refractivity contribution in [3.63, 3.8) is 0 Å². The summed E-state index contributed by atoms with van der Waals surface area (Å²) in [5.41, 5.74) is 0.606. The Balaban J connectivity index is 2.05. The standard InChI is InChI=1S/C13H17FN2O/c1-9(10-5-3-4-6-11(10)14)15-12-7-8-16(2)13(12)17/h3-6,9,12,15H,7-8H2,1-2H3/t9-,12?/m1/s1. The summed E-state index contributed by atoms with van der Waals surface area (Å²) in [7, 11) is 1.79. The van der Waals surface area contributed by atoms with E-state index < -0.39 is 0 Å². The molecule has 3 nitrogen and oxygen atoms in total. The van der Waals surface area contributed by atoms with Gasteiger partial charge in [-0.3, -0.25) is 10.1 Å². The molecule has 92 valence electrons. The predicted molar refractivity (Wildman–Crippen MR) is 64.0 cm³/mol. The summed E-state index contributed by atoms with van der Waals surface area (Å²) in [4.78, 5) is 13.4. The number of hydrogen-bond donors (Lipinski definition) is 1. The minimum absolute atomic E-state index is 0.0909. The van der Waals surface area contributed by atoms with E-state index in [-0.39, 0.29) is 23.8 Å². The Hall–Kier alpha value is -1.42. The van der Waals surface area contributed by atoms with Crippen molar-refractivity contribution >= 4 is 5.91 Å². The molecule has 2 atom stereocenters. The van der Waals surface area contributed by atoms with Gasteiger partial charge in [0.15, 0.2) is 0 Å². The van der Waals surface area contributed by atoms with Crippen LogP contribution < -0.4 is 5.32 Å². The van der Waals surface area contributed by atoms with Gasteiger partial charge in [-0.25, -0.2) is 4.39 Å². The molecule has 0 bridgehead atoms. The van der Waals surface area contributed by atoms with Gasteiger partial charge >= 0.3 is 0 Å². The quantitative estimate of drug-likeness (QED) is 0.866. The van der Waals surface area contributed by atoms with Crippen molar-refractivity contribution in [1.82, 2.24) is 10.2 Å². The molecule has 0 saturated carbocycles. The molecular weight excluding hydrogens is 219 g/mol. The van der Waals surface area contributed by atoms with Gasteiger partial charge in [0, 0.05) is 25.2 Å². The Labute approximate surface area is 101 Å². The molecule has 1 saturated heterocycles. The number of halogens is 1. The Bertz CT molecular complexity index is 422. The molecule has 1 fully saturated rings. The molecule has 0 aromatic heterocycles. The number of carbonyl (C=O) groups is 1. The first-order valence-corrected chi connectivity index (χ1v) is 5.85. The molecule has 2 rings (SSSR count). The van der Waals surface area contributed by atoms with E-state index in [1.54, 1.807) is 30.1 Å². The van der Waals surface area contributed by atoms with E-state index in [0.29, 0.717) is 5.56 Å². The molecule has 0 spiro atoms. The Morgan fingerprint density at radius 1 is 1.47 bits per heavy atom. The second-order valence-electron chi connectivity index (χ2n) is 4.51. The van der Waals surface area contributed by atoms with Crippen molar-refractivity contribution in [2.45, 2.75) is 25.4 Å². The van der Waals surface area contributed by atoms with E-state index >= 15 is 0 Å². The molecule has 1 aromatic rings. The van der Waals surface area contributed by atoms with Crippen LogP contribution in [0.5, 0.6) is 0 Å². The van der Waals surface area contributed by atoms with Crippen molar-refractivity contribution in [3.05, 3.63) is 35.6 Å². The smallest absolute Gasteiger partial charge is 0.239 e. The number of rotatable bonds is 3. The van der Waals surface area contributed by atoms with Crippen LogP contribution in [0, 0.1) is 5.82 Å². The number of hydrogen-bond acceptors (Lipinski definition) is 2. The third kappa shape index (κ3) is 2.47. The molecule has 1 aromatic carbocycles. The van der Waals surface area contributed by atoms with Gasteiger partial charge in [0.2, 0.25) is 5.91 Å². The second-order valence-corrected chi connectivity index (χ2v) is 4.51. The van der Waals surface area contributed by atoms with E-state index in [1.165, 1.54) is 6.07 Å².